The molecule has 1 unspecified atom stereocenters. The molecule has 2 aliphatic carbocycles. The molecule has 1 aromatic rings. The molecule has 0 N–H and O–H groups in total. The average Bonchev–Trinajstić information content (AvgIpc) is 2.80. The number of benzene rings is 1. The molecule has 0 saturated heterocycles. The van der Waals surface area contributed by atoms with Crippen molar-refractivity contribution in [3.63, 3.8) is 0 Å². The van der Waals surface area contributed by atoms with Gasteiger partial charge in [-0.15, -0.1) is 0 Å². The lowest BCUT2D eigenvalue weighted by atomic mass is 9.76. The lowest BCUT2D eigenvalue weighted by Gasteiger charge is -2.30. The number of aryl methyl sites for hydroxylation is 2. The van der Waals surface area contributed by atoms with Gasteiger partial charge in [0.25, 0.3) is 0 Å². The van der Waals surface area contributed by atoms with Crippen molar-refractivity contribution in [3.05, 3.63) is 47.0 Å². The van der Waals surface area contributed by atoms with Gasteiger partial charge in [-0.25, -0.2) is 0 Å². The normalized spacial score (nSPS) is 24.6. The summed E-state index contributed by atoms with van der Waals surface area (Å²) in [5, 5.41) is 0. The van der Waals surface area contributed by atoms with Crippen LogP contribution in [0.5, 0.6) is 0 Å². The zero-order chi connectivity index (χ0) is 21.0. The first-order valence-electron chi connectivity index (χ1n) is 13.5. The topological polar surface area (TPSA) is 0 Å². The van der Waals surface area contributed by atoms with E-state index >= 15 is 0 Å². The van der Waals surface area contributed by atoms with E-state index in [9.17, 15) is 0 Å². The maximum Gasteiger partial charge on any atom is -0.0241 e. The SMILES string of the molecule is CCCCc1ccc(CCC2=CCC(CCC3CCC(CCCC)CC3)CC2)cc1. The molecule has 0 heteroatoms. The van der Waals surface area contributed by atoms with Crippen LogP contribution in [-0.4, -0.2) is 0 Å². The van der Waals surface area contributed by atoms with Gasteiger partial charge in [0.15, 0.2) is 0 Å². The van der Waals surface area contributed by atoms with Crippen LogP contribution in [0, 0.1) is 17.8 Å². The smallest absolute Gasteiger partial charge is 0.0241 e. The molecule has 2 aliphatic rings. The van der Waals surface area contributed by atoms with Gasteiger partial charge in [-0.05, 0) is 80.2 Å². The van der Waals surface area contributed by atoms with E-state index in [-0.39, 0.29) is 0 Å². The first-order chi connectivity index (χ1) is 14.8. The number of hydrogen-bond donors (Lipinski definition) is 0. The highest BCUT2D eigenvalue weighted by Crippen LogP contribution is 2.37. The van der Waals surface area contributed by atoms with E-state index in [0.717, 1.165) is 17.8 Å². The first-order valence-corrected chi connectivity index (χ1v) is 13.5. The van der Waals surface area contributed by atoms with Crippen LogP contribution in [0.25, 0.3) is 0 Å². The van der Waals surface area contributed by atoms with Gasteiger partial charge in [0.1, 0.15) is 0 Å². The highest BCUT2D eigenvalue weighted by molar-refractivity contribution is 5.23. The Hall–Kier alpha value is -1.04. The van der Waals surface area contributed by atoms with Crippen LogP contribution in [0.3, 0.4) is 0 Å². The lowest BCUT2D eigenvalue weighted by Crippen LogP contribution is -2.16. The van der Waals surface area contributed by atoms with Gasteiger partial charge in [0.05, 0.1) is 0 Å². The maximum absolute atomic E-state index is 2.62. The Morgan fingerprint density at radius 1 is 0.633 bits per heavy atom. The molecule has 0 spiro atoms. The summed E-state index contributed by atoms with van der Waals surface area (Å²) >= 11 is 0. The summed E-state index contributed by atoms with van der Waals surface area (Å²) in [7, 11) is 0. The Morgan fingerprint density at radius 2 is 1.23 bits per heavy atom. The summed E-state index contributed by atoms with van der Waals surface area (Å²) < 4.78 is 0. The standard InChI is InChI=1S/C30H48/c1-3-5-7-25-9-13-27(14-10-25)17-19-29-21-23-30(24-22-29)20-18-28-15-11-26(12-16-28)8-6-4-2/h9-10,13-14,21,26,28,30H,3-8,11-12,15-20,22-24H2,1-2H3. The van der Waals surface area contributed by atoms with Gasteiger partial charge < -0.3 is 0 Å². The van der Waals surface area contributed by atoms with E-state index in [1.165, 1.54) is 120 Å². The molecule has 1 saturated carbocycles. The van der Waals surface area contributed by atoms with Gasteiger partial charge in [0, 0.05) is 0 Å². The number of rotatable bonds is 12. The molecule has 0 aliphatic heterocycles. The monoisotopic (exact) mass is 408 g/mol. The fraction of sp³-hybridized carbons (Fsp3) is 0.733. The summed E-state index contributed by atoms with van der Waals surface area (Å²) in [6.07, 6.45) is 26.6. The molecule has 0 heterocycles. The third-order valence-corrected chi connectivity index (χ3v) is 8.11. The van der Waals surface area contributed by atoms with Gasteiger partial charge in [0.2, 0.25) is 0 Å². The molecule has 0 nitrogen and oxygen atoms in total. The molecule has 1 fully saturated rings. The van der Waals surface area contributed by atoms with Crippen molar-refractivity contribution in [1.29, 1.82) is 0 Å². The van der Waals surface area contributed by atoms with Crippen molar-refractivity contribution in [2.75, 3.05) is 0 Å². The molecular formula is C30H48. The minimum absolute atomic E-state index is 0.976. The summed E-state index contributed by atoms with van der Waals surface area (Å²) in [5.41, 5.74) is 4.76. The summed E-state index contributed by atoms with van der Waals surface area (Å²) in [5.74, 6) is 3.09. The molecule has 168 valence electrons. The van der Waals surface area contributed by atoms with E-state index in [4.69, 9.17) is 0 Å². The Bertz CT molecular complexity index is 599. The zero-order valence-electron chi connectivity index (χ0n) is 20.1. The second-order valence-corrected chi connectivity index (χ2v) is 10.5. The lowest BCUT2D eigenvalue weighted by molar-refractivity contribution is 0.235. The number of hydrogen-bond acceptors (Lipinski definition) is 0. The quantitative estimate of drug-likeness (QED) is 0.302. The minimum atomic E-state index is 0.976. The highest BCUT2D eigenvalue weighted by Gasteiger charge is 2.22. The van der Waals surface area contributed by atoms with Gasteiger partial charge in [-0.3, -0.25) is 0 Å². The average molecular weight is 409 g/mol. The van der Waals surface area contributed by atoms with E-state index in [1.807, 2.05) is 0 Å². The molecule has 0 amide bonds. The van der Waals surface area contributed by atoms with E-state index in [2.05, 4.69) is 44.2 Å². The largest absolute Gasteiger partial charge is 0.0850 e. The molecule has 3 rings (SSSR count). The van der Waals surface area contributed by atoms with E-state index in [1.54, 1.807) is 5.57 Å². The molecule has 0 bridgehead atoms. The van der Waals surface area contributed by atoms with Crippen molar-refractivity contribution in [3.8, 4) is 0 Å². The Balaban J connectivity index is 1.30. The third kappa shape index (κ3) is 8.24. The Morgan fingerprint density at radius 3 is 1.83 bits per heavy atom. The summed E-state index contributed by atoms with van der Waals surface area (Å²) in [6.45, 7) is 4.61. The van der Waals surface area contributed by atoms with Crippen molar-refractivity contribution < 1.29 is 0 Å². The predicted octanol–water partition coefficient (Wildman–Crippen LogP) is 9.47. The molecular weight excluding hydrogens is 360 g/mol. The van der Waals surface area contributed by atoms with Crippen LogP contribution in [0.4, 0.5) is 0 Å². The van der Waals surface area contributed by atoms with Crippen molar-refractivity contribution >= 4 is 0 Å². The molecule has 0 aromatic heterocycles. The fourth-order valence-corrected chi connectivity index (χ4v) is 5.76. The van der Waals surface area contributed by atoms with E-state index < -0.39 is 0 Å². The van der Waals surface area contributed by atoms with Crippen LogP contribution in [0.2, 0.25) is 0 Å². The van der Waals surface area contributed by atoms with Crippen molar-refractivity contribution in [2.24, 2.45) is 17.8 Å². The molecule has 0 radical (unpaired) electrons. The maximum atomic E-state index is 2.62. The fourth-order valence-electron chi connectivity index (χ4n) is 5.76. The molecule has 30 heavy (non-hydrogen) atoms. The van der Waals surface area contributed by atoms with Crippen LogP contribution < -0.4 is 0 Å². The van der Waals surface area contributed by atoms with Gasteiger partial charge in [-0.2, -0.15) is 0 Å². The number of allylic oxidation sites excluding steroid dienone is 2. The second-order valence-electron chi connectivity index (χ2n) is 10.5. The molecule has 1 atom stereocenters. The van der Waals surface area contributed by atoms with Crippen LogP contribution >= 0.6 is 0 Å². The number of unbranched alkanes of at least 4 members (excludes halogenated alkanes) is 2. The Kier molecular flexibility index (Phi) is 10.5. The van der Waals surface area contributed by atoms with Gasteiger partial charge >= 0.3 is 0 Å². The first kappa shape index (κ1) is 23.6. The highest BCUT2D eigenvalue weighted by atomic mass is 14.3. The van der Waals surface area contributed by atoms with Crippen LogP contribution in [0.1, 0.15) is 121 Å². The van der Waals surface area contributed by atoms with E-state index in [0.29, 0.717) is 0 Å². The summed E-state index contributed by atoms with van der Waals surface area (Å²) in [4.78, 5) is 0. The zero-order valence-corrected chi connectivity index (χ0v) is 20.1. The van der Waals surface area contributed by atoms with Gasteiger partial charge in [-0.1, -0.05) is 108 Å². The predicted molar refractivity (Wildman–Crippen MR) is 133 cm³/mol. The van der Waals surface area contributed by atoms with Crippen LogP contribution in [-0.2, 0) is 12.8 Å². The second kappa shape index (κ2) is 13.4. The van der Waals surface area contributed by atoms with Crippen molar-refractivity contribution in [1.82, 2.24) is 0 Å². The molecule has 1 aromatic carbocycles. The third-order valence-electron chi connectivity index (χ3n) is 8.11. The van der Waals surface area contributed by atoms with Crippen molar-refractivity contribution in [2.45, 2.75) is 123 Å². The Labute approximate surface area is 187 Å². The minimum Gasteiger partial charge on any atom is -0.0850 e. The van der Waals surface area contributed by atoms with Crippen LogP contribution in [0.15, 0.2) is 35.9 Å². The summed E-state index contributed by atoms with van der Waals surface area (Å²) in [6, 6.07) is 9.45.